The summed E-state index contributed by atoms with van der Waals surface area (Å²) in [4.78, 5) is 0. The van der Waals surface area contributed by atoms with Crippen LogP contribution in [-0.2, 0) is 9.47 Å². The van der Waals surface area contributed by atoms with Gasteiger partial charge in [-0.1, -0.05) is 13.8 Å². The molecule has 0 amide bonds. The molecule has 0 rings (SSSR count). The summed E-state index contributed by atoms with van der Waals surface area (Å²) in [5, 5.41) is 3.58. The Labute approximate surface area is 114 Å². The van der Waals surface area contributed by atoms with E-state index in [1.807, 2.05) is 0 Å². The number of ether oxygens (including phenoxy) is 2. The fraction of sp³-hybridized carbons (Fsp3) is 1.00. The van der Waals surface area contributed by atoms with Crippen molar-refractivity contribution < 1.29 is 9.47 Å². The van der Waals surface area contributed by atoms with Crippen LogP contribution in [0.5, 0.6) is 0 Å². The minimum absolute atomic E-state index is 0.0610. The molecule has 110 valence electrons. The summed E-state index contributed by atoms with van der Waals surface area (Å²) in [6.45, 7) is 14.6. The molecule has 0 saturated carbocycles. The molecular weight excluding hydrogens is 226 g/mol. The van der Waals surface area contributed by atoms with Crippen molar-refractivity contribution in [3.8, 4) is 0 Å². The van der Waals surface area contributed by atoms with E-state index in [2.05, 4.69) is 46.9 Å². The number of hydrogen-bond acceptors (Lipinski definition) is 3. The second-order valence-corrected chi connectivity index (χ2v) is 5.71. The van der Waals surface area contributed by atoms with Crippen molar-refractivity contribution in [1.82, 2.24) is 5.32 Å². The molecule has 0 heterocycles. The van der Waals surface area contributed by atoms with Crippen molar-refractivity contribution in [3.05, 3.63) is 0 Å². The van der Waals surface area contributed by atoms with Crippen molar-refractivity contribution in [3.63, 3.8) is 0 Å². The van der Waals surface area contributed by atoms with Crippen LogP contribution >= 0.6 is 0 Å². The van der Waals surface area contributed by atoms with Crippen LogP contribution < -0.4 is 5.32 Å². The maximum Gasteiger partial charge on any atom is 0.0803 e. The molecule has 0 saturated heterocycles. The molecule has 2 unspecified atom stereocenters. The fourth-order valence-corrected chi connectivity index (χ4v) is 2.24. The largest absolute Gasteiger partial charge is 0.379 e. The standard InChI is InChI=1S/C15H33NO2/c1-8-15(6,18-10-3)13(16-9-2)11-12-14(4,5)17-7/h13,16H,8-12H2,1-7H3. The summed E-state index contributed by atoms with van der Waals surface area (Å²) >= 11 is 0. The van der Waals surface area contributed by atoms with Gasteiger partial charge in [0.05, 0.1) is 11.2 Å². The Morgan fingerprint density at radius 1 is 1.11 bits per heavy atom. The Bertz CT molecular complexity index is 219. The number of likely N-dealkylation sites (N-methyl/N-ethyl adjacent to an activating group) is 1. The number of methoxy groups -OCH3 is 1. The first kappa shape index (κ1) is 17.9. The van der Waals surface area contributed by atoms with Gasteiger partial charge in [-0.15, -0.1) is 0 Å². The summed E-state index contributed by atoms with van der Waals surface area (Å²) in [6, 6.07) is 0.377. The fourth-order valence-electron chi connectivity index (χ4n) is 2.24. The van der Waals surface area contributed by atoms with Gasteiger partial charge in [0.2, 0.25) is 0 Å². The van der Waals surface area contributed by atoms with E-state index in [4.69, 9.17) is 9.47 Å². The Balaban J connectivity index is 4.62. The molecule has 1 N–H and O–H groups in total. The Hall–Kier alpha value is -0.120. The molecule has 0 fully saturated rings. The molecule has 0 spiro atoms. The van der Waals surface area contributed by atoms with Crippen molar-refractivity contribution in [2.45, 2.75) is 78.0 Å². The molecule has 0 aliphatic rings. The molecule has 0 aromatic heterocycles. The highest BCUT2D eigenvalue weighted by Crippen LogP contribution is 2.26. The smallest absolute Gasteiger partial charge is 0.0803 e. The van der Waals surface area contributed by atoms with Gasteiger partial charge >= 0.3 is 0 Å². The maximum absolute atomic E-state index is 5.99. The Morgan fingerprint density at radius 3 is 2.11 bits per heavy atom. The van der Waals surface area contributed by atoms with Gasteiger partial charge in [-0.05, 0) is 53.5 Å². The van der Waals surface area contributed by atoms with E-state index in [1.165, 1.54) is 0 Å². The lowest BCUT2D eigenvalue weighted by atomic mass is 9.86. The lowest BCUT2D eigenvalue weighted by molar-refractivity contribution is -0.0639. The van der Waals surface area contributed by atoms with Crippen LogP contribution in [0.4, 0.5) is 0 Å². The highest BCUT2D eigenvalue weighted by molar-refractivity contribution is 4.90. The first-order chi connectivity index (χ1) is 8.35. The zero-order valence-corrected chi connectivity index (χ0v) is 13.4. The Morgan fingerprint density at radius 2 is 1.72 bits per heavy atom. The second-order valence-electron chi connectivity index (χ2n) is 5.71. The molecule has 0 aromatic carbocycles. The van der Waals surface area contributed by atoms with E-state index >= 15 is 0 Å². The van der Waals surface area contributed by atoms with E-state index in [-0.39, 0.29) is 11.2 Å². The minimum atomic E-state index is -0.0887. The van der Waals surface area contributed by atoms with E-state index in [0.717, 1.165) is 32.4 Å². The molecular formula is C15H33NO2. The monoisotopic (exact) mass is 259 g/mol. The van der Waals surface area contributed by atoms with Gasteiger partial charge in [0.25, 0.3) is 0 Å². The first-order valence-electron chi connectivity index (χ1n) is 7.27. The highest BCUT2D eigenvalue weighted by atomic mass is 16.5. The van der Waals surface area contributed by atoms with E-state index < -0.39 is 0 Å². The van der Waals surface area contributed by atoms with E-state index in [0.29, 0.717) is 6.04 Å². The molecule has 18 heavy (non-hydrogen) atoms. The average Bonchev–Trinajstić information content (AvgIpc) is 2.34. The van der Waals surface area contributed by atoms with Crippen molar-refractivity contribution in [2.75, 3.05) is 20.3 Å². The normalized spacial score (nSPS) is 17.5. The quantitative estimate of drug-likeness (QED) is 0.652. The summed E-state index contributed by atoms with van der Waals surface area (Å²) in [5.41, 5.74) is -0.150. The van der Waals surface area contributed by atoms with Crippen LogP contribution in [0.15, 0.2) is 0 Å². The molecule has 0 bridgehead atoms. The maximum atomic E-state index is 5.99. The predicted molar refractivity (Wildman–Crippen MR) is 78.1 cm³/mol. The molecule has 0 aromatic rings. The van der Waals surface area contributed by atoms with Crippen molar-refractivity contribution >= 4 is 0 Å². The van der Waals surface area contributed by atoms with E-state index in [9.17, 15) is 0 Å². The lowest BCUT2D eigenvalue weighted by Gasteiger charge is -2.39. The SMILES string of the molecule is CCNC(CCC(C)(C)OC)C(C)(CC)OCC. The van der Waals surface area contributed by atoms with Gasteiger partial charge in [0.15, 0.2) is 0 Å². The molecule has 0 radical (unpaired) electrons. The Kier molecular flexibility index (Phi) is 8.08. The topological polar surface area (TPSA) is 30.5 Å². The molecule has 0 aliphatic heterocycles. The zero-order valence-electron chi connectivity index (χ0n) is 13.4. The van der Waals surface area contributed by atoms with Crippen molar-refractivity contribution in [2.24, 2.45) is 0 Å². The van der Waals surface area contributed by atoms with Gasteiger partial charge in [-0.25, -0.2) is 0 Å². The van der Waals surface area contributed by atoms with Crippen LogP contribution in [-0.4, -0.2) is 37.5 Å². The average molecular weight is 259 g/mol. The first-order valence-corrected chi connectivity index (χ1v) is 7.27. The lowest BCUT2D eigenvalue weighted by Crippen LogP contribution is -2.51. The number of rotatable bonds is 10. The van der Waals surface area contributed by atoms with Crippen LogP contribution in [0, 0.1) is 0 Å². The minimum Gasteiger partial charge on any atom is -0.379 e. The van der Waals surface area contributed by atoms with Gasteiger partial charge in [-0.2, -0.15) is 0 Å². The third-order valence-corrected chi connectivity index (χ3v) is 3.95. The summed E-state index contributed by atoms with van der Waals surface area (Å²) < 4.78 is 11.5. The van der Waals surface area contributed by atoms with E-state index in [1.54, 1.807) is 7.11 Å². The molecule has 3 nitrogen and oxygen atoms in total. The zero-order chi connectivity index (χ0) is 14.2. The van der Waals surface area contributed by atoms with Crippen LogP contribution in [0.3, 0.4) is 0 Å². The second kappa shape index (κ2) is 8.13. The summed E-state index contributed by atoms with van der Waals surface area (Å²) in [6.07, 6.45) is 3.12. The number of hydrogen-bond donors (Lipinski definition) is 1. The van der Waals surface area contributed by atoms with Crippen molar-refractivity contribution in [1.29, 1.82) is 0 Å². The van der Waals surface area contributed by atoms with Crippen LogP contribution in [0.25, 0.3) is 0 Å². The summed E-state index contributed by atoms with van der Waals surface area (Å²) in [5.74, 6) is 0. The third-order valence-electron chi connectivity index (χ3n) is 3.95. The summed E-state index contributed by atoms with van der Waals surface area (Å²) in [7, 11) is 1.78. The third kappa shape index (κ3) is 5.68. The van der Waals surface area contributed by atoms with Crippen LogP contribution in [0.2, 0.25) is 0 Å². The van der Waals surface area contributed by atoms with Gasteiger partial charge < -0.3 is 14.8 Å². The molecule has 0 aliphatic carbocycles. The molecule has 3 heteroatoms. The van der Waals surface area contributed by atoms with Gasteiger partial charge in [0, 0.05) is 19.8 Å². The predicted octanol–water partition coefficient (Wildman–Crippen LogP) is 3.37. The number of nitrogens with one attached hydrogen (secondary N) is 1. The van der Waals surface area contributed by atoms with Crippen LogP contribution in [0.1, 0.15) is 60.8 Å². The van der Waals surface area contributed by atoms with Gasteiger partial charge in [-0.3, -0.25) is 0 Å². The molecule has 2 atom stereocenters. The highest BCUT2D eigenvalue weighted by Gasteiger charge is 2.33. The van der Waals surface area contributed by atoms with Gasteiger partial charge in [0.1, 0.15) is 0 Å².